The smallest absolute Gasteiger partial charge is 0.277 e. The molecule has 5 aromatic rings. The van der Waals surface area contributed by atoms with Crippen LogP contribution in [0.4, 0.5) is 8.78 Å². The number of nitrogens with zero attached hydrogens (tertiary/aromatic N) is 7. The van der Waals surface area contributed by atoms with Crippen molar-refractivity contribution >= 4 is 28.2 Å². The lowest BCUT2D eigenvalue weighted by Crippen LogP contribution is -2.39. The summed E-state index contributed by atoms with van der Waals surface area (Å²) < 4.78 is 35.9. The molecule has 6 rings (SSSR count). The largest absolute Gasteiger partial charge is 0.393 e. The zero-order valence-electron chi connectivity index (χ0n) is 20.3. The van der Waals surface area contributed by atoms with Crippen molar-refractivity contribution in [1.82, 2.24) is 29.0 Å². The monoisotopic (exact) mass is 551 g/mol. The van der Waals surface area contributed by atoms with E-state index in [0.717, 1.165) is 6.07 Å². The fourth-order valence-corrected chi connectivity index (χ4v) is 5.14. The van der Waals surface area contributed by atoms with Gasteiger partial charge >= 0.3 is 0 Å². The van der Waals surface area contributed by atoms with Gasteiger partial charge in [0, 0.05) is 32.2 Å². The van der Waals surface area contributed by atoms with E-state index < -0.39 is 17.2 Å². The molecule has 39 heavy (non-hydrogen) atoms. The highest BCUT2D eigenvalue weighted by Gasteiger charge is 2.25. The topological polar surface area (TPSA) is 125 Å². The highest BCUT2D eigenvalue weighted by molar-refractivity contribution is 6.32. The van der Waals surface area contributed by atoms with Crippen molar-refractivity contribution in [1.29, 1.82) is 5.26 Å². The van der Waals surface area contributed by atoms with E-state index in [1.807, 2.05) is 0 Å². The number of aliphatic hydroxyl groups is 1. The number of fused-ring (bicyclic) bond motifs is 3. The van der Waals surface area contributed by atoms with Crippen molar-refractivity contribution in [2.24, 2.45) is 0 Å². The van der Waals surface area contributed by atoms with Crippen LogP contribution in [0.15, 0.2) is 46.0 Å². The number of hydrogen-bond acceptors (Lipinski definition) is 8. The zero-order chi connectivity index (χ0) is 27.3. The van der Waals surface area contributed by atoms with Crippen LogP contribution < -0.4 is 5.56 Å². The van der Waals surface area contributed by atoms with Crippen LogP contribution in [0, 0.1) is 23.0 Å². The summed E-state index contributed by atoms with van der Waals surface area (Å²) in [6.45, 7) is 2.13. The number of rotatable bonds is 5. The Kier molecular flexibility index (Phi) is 6.34. The molecule has 1 N–H and O–H groups in total. The van der Waals surface area contributed by atoms with Crippen LogP contribution in [0.1, 0.15) is 18.4 Å². The first-order valence-corrected chi connectivity index (χ1v) is 12.6. The van der Waals surface area contributed by atoms with Crippen molar-refractivity contribution in [3.63, 3.8) is 0 Å². The molecule has 3 aromatic heterocycles. The van der Waals surface area contributed by atoms with Gasteiger partial charge in [0.1, 0.15) is 35.2 Å². The summed E-state index contributed by atoms with van der Waals surface area (Å²) in [7, 11) is 0. The molecule has 1 fully saturated rings. The minimum Gasteiger partial charge on any atom is -0.393 e. The summed E-state index contributed by atoms with van der Waals surface area (Å²) in [5, 5.41) is 23.8. The van der Waals surface area contributed by atoms with Crippen LogP contribution in [-0.2, 0) is 6.54 Å². The lowest BCUT2D eigenvalue weighted by molar-refractivity contribution is 0.0810. The van der Waals surface area contributed by atoms with Gasteiger partial charge in [-0.05, 0) is 37.1 Å². The molecule has 0 spiro atoms. The van der Waals surface area contributed by atoms with E-state index in [9.17, 15) is 23.9 Å². The van der Waals surface area contributed by atoms with Gasteiger partial charge in [0.2, 0.25) is 5.82 Å². The van der Waals surface area contributed by atoms with Crippen LogP contribution in [0.5, 0.6) is 0 Å². The SMILES string of the molecule is N#Cc1c(Cl)ccc2c1n(CCN1CCC(O)CC1)c(=O)c1c(-c3noc(-c4ccc(F)cc4F)n3)ncn12. The van der Waals surface area contributed by atoms with Crippen molar-refractivity contribution in [2.75, 3.05) is 19.6 Å². The van der Waals surface area contributed by atoms with E-state index in [1.54, 1.807) is 12.1 Å². The quantitative estimate of drug-likeness (QED) is 0.351. The maximum atomic E-state index is 14.3. The molecule has 10 nitrogen and oxygen atoms in total. The van der Waals surface area contributed by atoms with Crippen molar-refractivity contribution in [3.05, 3.63) is 69.2 Å². The third-order valence-electron chi connectivity index (χ3n) is 6.96. The van der Waals surface area contributed by atoms with Gasteiger partial charge in [-0.1, -0.05) is 16.8 Å². The number of imidazole rings is 1. The lowest BCUT2D eigenvalue weighted by atomic mass is 10.1. The highest BCUT2D eigenvalue weighted by Crippen LogP contribution is 2.30. The Morgan fingerprint density at radius 1 is 1.15 bits per heavy atom. The average Bonchev–Trinajstić information content (AvgIpc) is 3.57. The Morgan fingerprint density at radius 2 is 1.95 bits per heavy atom. The van der Waals surface area contributed by atoms with Crippen molar-refractivity contribution < 1.29 is 18.4 Å². The molecule has 2 aromatic carbocycles. The first-order valence-electron chi connectivity index (χ1n) is 12.2. The molecular formula is C26H20ClF2N7O3. The number of benzene rings is 2. The van der Waals surface area contributed by atoms with E-state index in [2.05, 4.69) is 26.1 Å². The highest BCUT2D eigenvalue weighted by atomic mass is 35.5. The number of nitriles is 1. The third-order valence-corrected chi connectivity index (χ3v) is 7.27. The molecule has 4 heterocycles. The maximum Gasteiger partial charge on any atom is 0.277 e. The molecule has 0 unspecified atom stereocenters. The predicted molar refractivity (Wildman–Crippen MR) is 137 cm³/mol. The minimum absolute atomic E-state index is 0.0567. The summed E-state index contributed by atoms with van der Waals surface area (Å²) in [5.74, 6) is -1.88. The standard InChI is InChI=1S/C26H20ClF2N7O3/c27-18-3-4-20-22(17(18)12-30)35(10-9-34-7-5-15(37)6-8-34)26(38)23-21(31-13-36(20)23)24-32-25(39-33-24)16-2-1-14(28)11-19(16)29/h1-4,11,13,15,37H,5-10H2. The predicted octanol–water partition coefficient (Wildman–Crippen LogP) is 3.63. The molecule has 0 saturated carbocycles. The van der Waals surface area contributed by atoms with Gasteiger partial charge in [-0.15, -0.1) is 0 Å². The number of aromatic nitrogens is 5. The van der Waals surface area contributed by atoms with Crippen LogP contribution in [0.2, 0.25) is 5.02 Å². The molecule has 0 radical (unpaired) electrons. The van der Waals surface area contributed by atoms with E-state index in [1.165, 1.54) is 21.4 Å². The minimum atomic E-state index is -0.876. The van der Waals surface area contributed by atoms with Crippen LogP contribution >= 0.6 is 11.6 Å². The summed E-state index contributed by atoms with van der Waals surface area (Å²) in [6, 6.07) is 8.34. The molecule has 13 heteroatoms. The number of hydrogen-bond donors (Lipinski definition) is 1. The summed E-state index contributed by atoms with van der Waals surface area (Å²) >= 11 is 6.34. The van der Waals surface area contributed by atoms with Crippen LogP contribution in [-0.4, -0.2) is 59.8 Å². The molecule has 1 saturated heterocycles. The van der Waals surface area contributed by atoms with E-state index in [-0.39, 0.29) is 51.7 Å². The summed E-state index contributed by atoms with van der Waals surface area (Å²) in [4.78, 5) is 24.7. The molecule has 0 atom stereocenters. The van der Waals surface area contributed by atoms with Crippen molar-refractivity contribution in [2.45, 2.75) is 25.5 Å². The number of aliphatic hydroxyl groups excluding tert-OH is 1. The summed E-state index contributed by atoms with van der Waals surface area (Å²) in [6.07, 6.45) is 2.37. The molecule has 1 aliphatic rings. The fourth-order valence-electron chi connectivity index (χ4n) is 4.95. The average molecular weight is 552 g/mol. The Bertz CT molecular complexity index is 1830. The van der Waals surface area contributed by atoms with Gasteiger partial charge in [0.05, 0.1) is 33.3 Å². The molecular weight excluding hydrogens is 532 g/mol. The third kappa shape index (κ3) is 4.34. The van der Waals surface area contributed by atoms with Gasteiger partial charge in [0.25, 0.3) is 11.4 Å². The van der Waals surface area contributed by atoms with Crippen LogP contribution in [0.3, 0.4) is 0 Å². The van der Waals surface area contributed by atoms with Crippen molar-refractivity contribution in [3.8, 4) is 29.0 Å². The van der Waals surface area contributed by atoms with Gasteiger partial charge in [-0.3, -0.25) is 9.20 Å². The second-order valence-electron chi connectivity index (χ2n) is 9.29. The first-order chi connectivity index (χ1) is 18.9. The molecule has 0 aliphatic carbocycles. The molecule has 0 bridgehead atoms. The van der Waals surface area contributed by atoms with E-state index >= 15 is 0 Å². The lowest BCUT2D eigenvalue weighted by Gasteiger charge is -2.29. The molecule has 198 valence electrons. The normalized spacial score (nSPS) is 14.8. The number of halogens is 3. The first kappa shape index (κ1) is 25.1. The Hall–Kier alpha value is -4.18. The Morgan fingerprint density at radius 3 is 2.69 bits per heavy atom. The number of likely N-dealkylation sites (tertiary alicyclic amines) is 1. The van der Waals surface area contributed by atoms with Gasteiger partial charge in [-0.2, -0.15) is 10.2 Å². The van der Waals surface area contributed by atoms with Gasteiger partial charge in [0.15, 0.2) is 0 Å². The second-order valence-corrected chi connectivity index (χ2v) is 9.70. The zero-order valence-corrected chi connectivity index (χ0v) is 21.1. The fraction of sp³-hybridized carbons (Fsp3) is 0.269. The van der Waals surface area contributed by atoms with E-state index in [0.29, 0.717) is 49.6 Å². The second kappa shape index (κ2) is 9.85. The molecule has 0 amide bonds. The van der Waals surface area contributed by atoms with Gasteiger partial charge in [-0.25, -0.2) is 13.8 Å². The Labute approximate surface area is 224 Å². The maximum absolute atomic E-state index is 14.3. The number of piperidine rings is 1. The van der Waals surface area contributed by atoms with E-state index in [4.69, 9.17) is 16.1 Å². The Balaban J connectivity index is 1.50. The van der Waals surface area contributed by atoms with Gasteiger partial charge < -0.3 is 19.1 Å². The summed E-state index contributed by atoms with van der Waals surface area (Å²) in [5.41, 5.74) is 0.729. The molecule has 1 aliphatic heterocycles. The van der Waals surface area contributed by atoms with Crippen LogP contribution in [0.25, 0.3) is 39.5 Å².